The average Bonchev–Trinajstić information content (AvgIpc) is 2.94. The van der Waals surface area contributed by atoms with Crippen molar-refractivity contribution in [2.45, 2.75) is 31.8 Å². The van der Waals surface area contributed by atoms with Crippen LogP contribution in [0.4, 0.5) is 11.4 Å². The topological polar surface area (TPSA) is 73.6 Å². The van der Waals surface area contributed by atoms with Gasteiger partial charge in [0.1, 0.15) is 0 Å². The highest BCUT2D eigenvalue weighted by atomic mass is 16.5. The van der Waals surface area contributed by atoms with Crippen LogP contribution in [0.3, 0.4) is 0 Å². The van der Waals surface area contributed by atoms with Gasteiger partial charge in [-0.15, -0.1) is 0 Å². The van der Waals surface area contributed by atoms with Crippen molar-refractivity contribution in [1.82, 2.24) is 0 Å². The van der Waals surface area contributed by atoms with Crippen molar-refractivity contribution in [3.05, 3.63) is 24.3 Å². The standard InChI is InChI=1S/C15H22N2O3/c16-13-6-1-2-7-14(13)17-15(18)8-4-9-19-11-12-5-3-10-20-12/h1-2,6-7,12H,3-5,8-11,16H2,(H,17,18). The van der Waals surface area contributed by atoms with Crippen LogP contribution < -0.4 is 11.1 Å². The Morgan fingerprint density at radius 3 is 3.05 bits per heavy atom. The van der Waals surface area contributed by atoms with Gasteiger partial charge >= 0.3 is 0 Å². The van der Waals surface area contributed by atoms with Gasteiger partial charge in [-0.1, -0.05) is 12.1 Å². The number of nitrogens with one attached hydrogen (secondary N) is 1. The molecule has 0 aliphatic carbocycles. The zero-order valence-corrected chi connectivity index (χ0v) is 11.6. The monoisotopic (exact) mass is 278 g/mol. The van der Waals surface area contributed by atoms with Gasteiger partial charge in [-0.2, -0.15) is 0 Å². The van der Waals surface area contributed by atoms with Crippen molar-refractivity contribution >= 4 is 17.3 Å². The molecule has 0 saturated carbocycles. The molecule has 3 N–H and O–H groups in total. The third-order valence-electron chi connectivity index (χ3n) is 3.26. The fourth-order valence-corrected chi connectivity index (χ4v) is 2.15. The Balaban J connectivity index is 1.57. The number of nitrogens with two attached hydrogens (primary N) is 1. The Hall–Kier alpha value is -1.59. The van der Waals surface area contributed by atoms with E-state index in [1.807, 2.05) is 12.1 Å². The zero-order valence-electron chi connectivity index (χ0n) is 11.6. The van der Waals surface area contributed by atoms with Crippen LogP contribution in [-0.2, 0) is 14.3 Å². The van der Waals surface area contributed by atoms with E-state index in [1.54, 1.807) is 12.1 Å². The molecule has 0 aromatic heterocycles. The van der Waals surface area contributed by atoms with Gasteiger partial charge in [0, 0.05) is 19.6 Å². The van der Waals surface area contributed by atoms with E-state index in [2.05, 4.69) is 5.32 Å². The summed E-state index contributed by atoms with van der Waals surface area (Å²) in [4.78, 5) is 11.7. The lowest BCUT2D eigenvalue weighted by atomic mass is 10.2. The number of carbonyl (C=O) groups is 1. The number of nitrogen functional groups attached to an aromatic ring is 1. The quantitative estimate of drug-likeness (QED) is 0.592. The summed E-state index contributed by atoms with van der Waals surface area (Å²) in [6.07, 6.45) is 3.57. The summed E-state index contributed by atoms with van der Waals surface area (Å²) in [7, 11) is 0. The second kappa shape index (κ2) is 7.87. The predicted octanol–water partition coefficient (Wildman–Crippen LogP) is 2.18. The average molecular weight is 278 g/mol. The minimum atomic E-state index is -0.0383. The molecular formula is C15H22N2O3. The summed E-state index contributed by atoms with van der Waals surface area (Å²) in [6, 6.07) is 7.24. The smallest absolute Gasteiger partial charge is 0.224 e. The van der Waals surface area contributed by atoms with E-state index in [9.17, 15) is 4.79 Å². The van der Waals surface area contributed by atoms with Crippen molar-refractivity contribution in [2.24, 2.45) is 0 Å². The van der Waals surface area contributed by atoms with E-state index < -0.39 is 0 Å². The Labute approximate surface area is 119 Å². The Kier molecular flexibility index (Phi) is 5.83. The molecule has 2 rings (SSSR count). The van der Waals surface area contributed by atoms with Gasteiger partial charge < -0.3 is 20.5 Å². The van der Waals surface area contributed by atoms with Crippen molar-refractivity contribution in [1.29, 1.82) is 0 Å². The Morgan fingerprint density at radius 1 is 1.45 bits per heavy atom. The van der Waals surface area contributed by atoms with E-state index in [4.69, 9.17) is 15.2 Å². The molecule has 0 bridgehead atoms. The molecule has 5 nitrogen and oxygen atoms in total. The number of hydrogen-bond donors (Lipinski definition) is 2. The van der Waals surface area contributed by atoms with Crippen LogP contribution in [0.25, 0.3) is 0 Å². The number of hydrogen-bond acceptors (Lipinski definition) is 4. The van der Waals surface area contributed by atoms with Crippen LogP contribution in [0.2, 0.25) is 0 Å². The van der Waals surface area contributed by atoms with Crippen LogP contribution in [0.15, 0.2) is 24.3 Å². The fraction of sp³-hybridized carbons (Fsp3) is 0.533. The number of ether oxygens (including phenoxy) is 2. The lowest BCUT2D eigenvalue weighted by Crippen LogP contribution is -2.16. The van der Waals surface area contributed by atoms with Gasteiger partial charge in [0.15, 0.2) is 0 Å². The molecule has 110 valence electrons. The fourth-order valence-electron chi connectivity index (χ4n) is 2.15. The highest BCUT2D eigenvalue weighted by molar-refractivity contribution is 5.93. The molecule has 1 heterocycles. The molecule has 1 aliphatic heterocycles. The first-order valence-corrected chi connectivity index (χ1v) is 7.09. The van der Waals surface area contributed by atoms with Crippen LogP contribution in [0.5, 0.6) is 0 Å². The van der Waals surface area contributed by atoms with Crippen LogP contribution >= 0.6 is 0 Å². The molecule has 5 heteroatoms. The highest BCUT2D eigenvalue weighted by Gasteiger charge is 2.15. The Morgan fingerprint density at radius 2 is 2.30 bits per heavy atom. The van der Waals surface area contributed by atoms with Crippen LogP contribution in [0.1, 0.15) is 25.7 Å². The number of anilines is 2. The minimum absolute atomic E-state index is 0.0383. The van der Waals surface area contributed by atoms with Gasteiger partial charge in [-0.3, -0.25) is 4.79 Å². The second-order valence-electron chi connectivity index (χ2n) is 4.95. The lowest BCUT2D eigenvalue weighted by molar-refractivity contribution is -0.116. The molecule has 20 heavy (non-hydrogen) atoms. The van der Waals surface area contributed by atoms with E-state index in [1.165, 1.54) is 0 Å². The first-order chi connectivity index (χ1) is 9.75. The third-order valence-corrected chi connectivity index (χ3v) is 3.26. The number of carbonyl (C=O) groups excluding carboxylic acids is 1. The summed E-state index contributed by atoms with van der Waals surface area (Å²) < 4.78 is 11.0. The SMILES string of the molecule is Nc1ccccc1NC(=O)CCCOCC1CCCO1. The Bertz CT molecular complexity index is 431. The molecule has 1 saturated heterocycles. The molecule has 1 aromatic carbocycles. The molecule has 1 aromatic rings. The predicted molar refractivity (Wildman–Crippen MR) is 78.5 cm³/mol. The largest absolute Gasteiger partial charge is 0.397 e. The maximum atomic E-state index is 11.7. The van der Waals surface area contributed by atoms with Crippen molar-refractivity contribution in [2.75, 3.05) is 30.9 Å². The third kappa shape index (κ3) is 4.83. The summed E-state index contributed by atoms with van der Waals surface area (Å²) >= 11 is 0. The normalized spacial score (nSPS) is 18.1. The molecule has 1 amide bonds. The molecule has 1 aliphatic rings. The number of amides is 1. The molecule has 0 spiro atoms. The lowest BCUT2D eigenvalue weighted by Gasteiger charge is -2.10. The van der Waals surface area contributed by atoms with Crippen LogP contribution in [0, 0.1) is 0 Å². The zero-order chi connectivity index (χ0) is 14.2. The summed E-state index contributed by atoms with van der Waals surface area (Å²) in [5.41, 5.74) is 7.01. The van der Waals surface area contributed by atoms with E-state index in [0.29, 0.717) is 37.4 Å². The molecule has 1 unspecified atom stereocenters. The van der Waals surface area contributed by atoms with Crippen LogP contribution in [-0.4, -0.2) is 31.8 Å². The number of benzene rings is 1. The summed E-state index contributed by atoms with van der Waals surface area (Å²) in [5, 5.41) is 2.80. The van der Waals surface area contributed by atoms with E-state index in [-0.39, 0.29) is 12.0 Å². The first kappa shape index (κ1) is 14.8. The second-order valence-corrected chi connectivity index (χ2v) is 4.95. The van der Waals surface area contributed by atoms with Gasteiger partial charge in [-0.25, -0.2) is 0 Å². The number of para-hydroxylation sites is 2. The van der Waals surface area contributed by atoms with Gasteiger partial charge in [0.2, 0.25) is 5.91 Å². The minimum Gasteiger partial charge on any atom is -0.397 e. The van der Waals surface area contributed by atoms with Gasteiger partial charge in [0.25, 0.3) is 0 Å². The summed E-state index contributed by atoms with van der Waals surface area (Å²) in [6.45, 7) is 2.06. The number of rotatable bonds is 7. The maximum Gasteiger partial charge on any atom is 0.224 e. The molecular weight excluding hydrogens is 256 g/mol. The molecule has 0 radical (unpaired) electrons. The van der Waals surface area contributed by atoms with Gasteiger partial charge in [-0.05, 0) is 31.4 Å². The molecule has 1 atom stereocenters. The van der Waals surface area contributed by atoms with Crippen molar-refractivity contribution in [3.8, 4) is 0 Å². The molecule has 1 fully saturated rings. The van der Waals surface area contributed by atoms with Crippen molar-refractivity contribution < 1.29 is 14.3 Å². The highest BCUT2D eigenvalue weighted by Crippen LogP contribution is 2.17. The van der Waals surface area contributed by atoms with E-state index in [0.717, 1.165) is 19.4 Å². The van der Waals surface area contributed by atoms with Crippen molar-refractivity contribution in [3.63, 3.8) is 0 Å². The maximum absolute atomic E-state index is 11.7. The first-order valence-electron chi connectivity index (χ1n) is 7.09. The van der Waals surface area contributed by atoms with E-state index >= 15 is 0 Å². The summed E-state index contributed by atoms with van der Waals surface area (Å²) in [5.74, 6) is -0.0383. The van der Waals surface area contributed by atoms with Gasteiger partial charge in [0.05, 0.1) is 24.1 Å².